The number of rotatable bonds is 5. The van der Waals surface area contributed by atoms with Crippen LogP contribution in [0.3, 0.4) is 0 Å². The van der Waals surface area contributed by atoms with E-state index in [0.717, 1.165) is 12.8 Å². The molecule has 0 bridgehead atoms. The number of nitrogens with one attached hydrogen (secondary N) is 2. The molecule has 3 amide bonds. The Balaban J connectivity index is 1.75. The van der Waals surface area contributed by atoms with E-state index in [1.807, 2.05) is 43.1 Å². The predicted molar refractivity (Wildman–Crippen MR) is 77.2 cm³/mol. The van der Waals surface area contributed by atoms with Gasteiger partial charge in [-0.3, -0.25) is 15.0 Å². The lowest BCUT2D eigenvalue weighted by atomic mass is 10.1. The van der Waals surface area contributed by atoms with E-state index < -0.39 is 0 Å². The average molecular weight is 275 g/mol. The van der Waals surface area contributed by atoms with Gasteiger partial charge in [-0.1, -0.05) is 24.3 Å². The standard InChI is InChI=1S/C15H21N3O2/c1-11-5-3-4-6-12(11)9-18(2)10-14(19)17-15(20)16-13-7-8-13/h3-6,13H,7-10H2,1-2H3,(H2,16,17,19,20). The molecule has 1 aliphatic carbocycles. The minimum absolute atomic E-state index is 0.201. The van der Waals surface area contributed by atoms with Crippen molar-refractivity contribution in [3.63, 3.8) is 0 Å². The summed E-state index contributed by atoms with van der Waals surface area (Å²) in [5, 5.41) is 5.08. The number of urea groups is 1. The third-order valence-electron chi connectivity index (χ3n) is 3.28. The van der Waals surface area contributed by atoms with Crippen LogP contribution in [0.4, 0.5) is 4.79 Å². The minimum Gasteiger partial charge on any atom is -0.335 e. The zero-order chi connectivity index (χ0) is 14.5. The van der Waals surface area contributed by atoms with E-state index in [1.54, 1.807) is 0 Å². The van der Waals surface area contributed by atoms with Gasteiger partial charge in [-0.2, -0.15) is 0 Å². The molecule has 0 aromatic heterocycles. The Bertz CT molecular complexity index is 498. The summed E-state index contributed by atoms with van der Waals surface area (Å²) in [6.07, 6.45) is 2.02. The Kier molecular flexibility index (Phi) is 4.74. The second-order valence-electron chi connectivity index (χ2n) is 5.39. The second kappa shape index (κ2) is 6.52. The van der Waals surface area contributed by atoms with Gasteiger partial charge in [0.1, 0.15) is 0 Å². The van der Waals surface area contributed by atoms with Gasteiger partial charge >= 0.3 is 6.03 Å². The average Bonchev–Trinajstić information content (AvgIpc) is 3.15. The molecule has 2 N–H and O–H groups in total. The maximum absolute atomic E-state index is 11.7. The van der Waals surface area contributed by atoms with E-state index in [4.69, 9.17) is 0 Å². The van der Waals surface area contributed by atoms with Crippen LogP contribution < -0.4 is 10.6 Å². The highest BCUT2D eigenvalue weighted by atomic mass is 16.2. The van der Waals surface area contributed by atoms with E-state index in [9.17, 15) is 9.59 Å². The number of carbonyl (C=O) groups excluding carboxylic acids is 2. The molecule has 1 fully saturated rings. The number of likely N-dealkylation sites (N-methyl/N-ethyl adjacent to an activating group) is 1. The maximum atomic E-state index is 11.7. The third kappa shape index (κ3) is 4.66. The van der Waals surface area contributed by atoms with Gasteiger partial charge < -0.3 is 5.32 Å². The fourth-order valence-corrected chi connectivity index (χ4v) is 1.99. The summed E-state index contributed by atoms with van der Waals surface area (Å²) in [6, 6.07) is 7.94. The largest absolute Gasteiger partial charge is 0.335 e. The molecule has 108 valence electrons. The Morgan fingerprint density at radius 2 is 2.00 bits per heavy atom. The van der Waals surface area contributed by atoms with Gasteiger partial charge in [0.15, 0.2) is 0 Å². The van der Waals surface area contributed by atoms with E-state index >= 15 is 0 Å². The van der Waals surface area contributed by atoms with Crippen molar-refractivity contribution >= 4 is 11.9 Å². The lowest BCUT2D eigenvalue weighted by Gasteiger charge is -2.17. The summed E-state index contributed by atoms with van der Waals surface area (Å²) in [5.74, 6) is -0.278. The van der Waals surface area contributed by atoms with Crippen molar-refractivity contribution < 1.29 is 9.59 Å². The van der Waals surface area contributed by atoms with Crippen LogP contribution in [0.25, 0.3) is 0 Å². The number of amides is 3. The molecule has 20 heavy (non-hydrogen) atoms. The van der Waals surface area contributed by atoms with Crippen molar-refractivity contribution in [3.05, 3.63) is 35.4 Å². The number of hydrogen-bond donors (Lipinski definition) is 2. The Labute approximate surface area is 119 Å². The minimum atomic E-state index is -0.387. The summed E-state index contributed by atoms with van der Waals surface area (Å²) in [7, 11) is 1.87. The molecule has 5 nitrogen and oxygen atoms in total. The van der Waals surface area contributed by atoms with Crippen molar-refractivity contribution in [1.29, 1.82) is 0 Å². The van der Waals surface area contributed by atoms with Crippen LogP contribution in [-0.4, -0.2) is 36.5 Å². The molecule has 0 spiro atoms. The van der Waals surface area contributed by atoms with Crippen molar-refractivity contribution in [2.75, 3.05) is 13.6 Å². The van der Waals surface area contributed by atoms with Gasteiger partial charge in [0, 0.05) is 12.6 Å². The van der Waals surface area contributed by atoms with Gasteiger partial charge in [0.25, 0.3) is 0 Å². The molecule has 1 aliphatic rings. The van der Waals surface area contributed by atoms with Crippen LogP contribution >= 0.6 is 0 Å². The molecule has 0 unspecified atom stereocenters. The van der Waals surface area contributed by atoms with Crippen molar-refractivity contribution in [3.8, 4) is 0 Å². The topological polar surface area (TPSA) is 61.4 Å². The molecule has 0 aliphatic heterocycles. The number of imide groups is 1. The van der Waals surface area contributed by atoms with E-state index in [2.05, 4.69) is 10.6 Å². The molecule has 0 heterocycles. The van der Waals surface area contributed by atoms with Crippen LogP contribution in [-0.2, 0) is 11.3 Å². The van der Waals surface area contributed by atoms with E-state index in [0.29, 0.717) is 6.54 Å². The van der Waals surface area contributed by atoms with Gasteiger partial charge in [-0.25, -0.2) is 4.79 Å². The molecule has 1 aromatic carbocycles. The van der Waals surface area contributed by atoms with Crippen LogP contribution in [0.1, 0.15) is 24.0 Å². The van der Waals surface area contributed by atoms with Gasteiger partial charge in [0.05, 0.1) is 6.54 Å². The van der Waals surface area contributed by atoms with Crippen molar-refractivity contribution in [2.24, 2.45) is 0 Å². The maximum Gasteiger partial charge on any atom is 0.321 e. The first-order valence-electron chi connectivity index (χ1n) is 6.88. The first-order valence-corrected chi connectivity index (χ1v) is 6.88. The summed E-state index contributed by atoms with van der Waals surface area (Å²) in [6.45, 7) is 2.93. The highest BCUT2D eigenvalue weighted by Gasteiger charge is 2.24. The van der Waals surface area contributed by atoms with Crippen molar-refractivity contribution in [1.82, 2.24) is 15.5 Å². The number of carbonyl (C=O) groups is 2. The number of hydrogen-bond acceptors (Lipinski definition) is 3. The van der Waals surface area contributed by atoms with E-state index in [-0.39, 0.29) is 24.5 Å². The predicted octanol–water partition coefficient (Wildman–Crippen LogP) is 1.42. The molecule has 5 heteroatoms. The zero-order valence-corrected chi connectivity index (χ0v) is 12.0. The molecule has 0 atom stereocenters. The lowest BCUT2D eigenvalue weighted by molar-refractivity contribution is -0.120. The van der Waals surface area contributed by atoms with Crippen LogP contribution in [0.15, 0.2) is 24.3 Å². The zero-order valence-electron chi connectivity index (χ0n) is 12.0. The third-order valence-corrected chi connectivity index (χ3v) is 3.28. The smallest absolute Gasteiger partial charge is 0.321 e. The number of benzene rings is 1. The highest BCUT2D eigenvalue weighted by Crippen LogP contribution is 2.18. The first kappa shape index (κ1) is 14.5. The van der Waals surface area contributed by atoms with E-state index in [1.165, 1.54) is 11.1 Å². The number of aryl methyl sites for hydroxylation is 1. The Hall–Kier alpha value is -1.88. The second-order valence-corrected chi connectivity index (χ2v) is 5.39. The van der Waals surface area contributed by atoms with Crippen molar-refractivity contribution in [2.45, 2.75) is 32.4 Å². The highest BCUT2D eigenvalue weighted by molar-refractivity contribution is 5.95. The summed E-state index contributed by atoms with van der Waals surface area (Å²) < 4.78 is 0. The monoisotopic (exact) mass is 275 g/mol. The number of nitrogens with zero attached hydrogens (tertiary/aromatic N) is 1. The van der Waals surface area contributed by atoms with Crippen LogP contribution in [0, 0.1) is 6.92 Å². The molecular weight excluding hydrogens is 254 g/mol. The fourth-order valence-electron chi connectivity index (χ4n) is 1.99. The van der Waals surface area contributed by atoms with Gasteiger partial charge in [-0.15, -0.1) is 0 Å². The Morgan fingerprint density at radius 1 is 1.30 bits per heavy atom. The molecule has 0 radical (unpaired) electrons. The molecule has 1 saturated carbocycles. The van der Waals surface area contributed by atoms with Crippen LogP contribution in [0.5, 0.6) is 0 Å². The lowest BCUT2D eigenvalue weighted by Crippen LogP contribution is -2.44. The summed E-state index contributed by atoms with van der Waals surface area (Å²) >= 11 is 0. The van der Waals surface area contributed by atoms with Gasteiger partial charge in [-0.05, 0) is 37.9 Å². The quantitative estimate of drug-likeness (QED) is 0.854. The summed E-state index contributed by atoms with van der Waals surface area (Å²) in [4.78, 5) is 25.1. The molecule has 2 rings (SSSR count). The normalized spacial score (nSPS) is 14.2. The van der Waals surface area contributed by atoms with Crippen LogP contribution in [0.2, 0.25) is 0 Å². The Morgan fingerprint density at radius 3 is 2.65 bits per heavy atom. The fraction of sp³-hybridized carbons (Fsp3) is 0.467. The SMILES string of the molecule is Cc1ccccc1CN(C)CC(=O)NC(=O)NC1CC1. The molecule has 1 aromatic rings. The molecule has 0 saturated heterocycles. The summed E-state index contributed by atoms with van der Waals surface area (Å²) in [5.41, 5.74) is 2.39. The molecular formula is C15H21N3O2. The first-order chi connectivity index (χ1) is 9.54. The van der Waals surface area contributed by atoms with Gasteiger partial charge in [0.2, 0.25) is 5.91 Å².